The molecule has 4 nitrogen and oxygen atoms in total. The summed E-state index contributed by atoms with van der Waals surface area (Å²) >= 11 is 0. The van der Waals surface area contributed by atoms with E-state index < -0.39 is 0 Å². The molecule has 0 saturated carbocycles. The third-order valence-corrected chi connectivity index (χ3v) is 1.48. The smallest absolute Gasteiger partial charge is 0.266 e. The molecule has 0 atom stereocenters. The van der Waals surface area contributed by atoms with Gasteiger partial charge in [0.25, 0.3) is 5.91 Å². The fourth-order valence-corrected chi connectivity index (χ4v) is 0.821. The molecule has 0 aliphatic rings. The van der Waals surface area contributed by atoms with Gasteiger partial charge in [0.1, 0.15) is 0 Å². The van der Waals surface area contributed by atoms with E-state index >= 15 is 0 Å². The SMILES string of the molecule is CNN(N)C(=O)c1ccccc1. The van der Waals surface area contributed by atoms with Gasteiger partial charge in [-0.15, -0.1) is 0 Å². The quantitative estimate of drug-likeness (QED) is 0.372. The molecular weight excluding hydrogens is 154 g/mol. The zero-order chi connectivity index (χ0) is 8.97. The summed E-state index contributed by atoms with van der Waals surface area (Å²) in [5.74, 6) is 5.07. The van der Waals surface area contributed by atoms with Crippen molar-refractivity contribution in [3.63, 3.8) is 0 Å². The van der Waals surface area contributed by atoms with E-state index in [2.05, 4.69) is 5.43 Å². The Kier molecular flexibility index (Phi) is 2.79. The molecule has 3 N–H and O–H groups in total. The van der Waals surface area contributed by atoms with Crippen LogP contribution in [0.5, 0.6) is 0 Å². The zero-order valence-corrected chi connectivity index (χ0v) is 6.82. The van der Waals surface area contributed by atoms with E-state index in [9.17, 15) is 4.79 Å². The maximum absolute atomic E-state index is 11.3. The number of hydrogen-bond acceptors (Lipinski definition) is 3. The van der Waals surface area contributed by atoms with Crippen LogP contribution in [-0.2, 0) is 0 Å². The standard InChI is InChI=1S/C8H11N3O/c1-10-11(9)8(12)7-5-3-2-4-6-7/h2-6,10H,9H2,1H3. The number of carbonyl (C=O) groups excluding carboxylic acids is 1. The van der Waals surface area contributed by atoms with Crippen LogP contribution in [0.4, 0.5) is 0 Å². The second kappa shape index (κ2) is 3.85. The highest BCUT2D eigenvalue weighted by molar-refractivity contribution is 5.93. The molecule has 1 aromatic rings. The van der Waals surface area contributed by atoms with Crippen LogP contribution < -0.4 is 11.3 Å². The molecule has 0 spiro atoms. The molecule has 0 fully saturated rings. The summed E-state index contributed by atoms with van der Waals surface area (Å²) in [5.41, 5.74) is 3.09. The van der Waals surface area contributed by atoms with Crippen LogP contribution in [0.2, 0.25) is 0 Å². The summed E-state index contributed by atoms with van der Waals surface area (Å²) in [6, 6.07) is 8.84. The van der Waals surface area contributed by atoms with Gasteiger partial charge in [-0.3, -0.25) is 4.79 Å². The largest absolute Gasteiger partial charge is 0.282 e. The lowest BCUT2D eigenvalue weighted by atomic mass is 10.2. The van der Waals surface area contributed by atoms with Crippen LogP contribution >= 0.6 is 0 Å². The number of nitrogens with two attached hydrogens (primary N) is 1. The molecule has 0 aromatic heterocycles. The summed E-state index contributed by atoms with van der Waals surface area (Å²) in [5, 5.41) is 0.940. The van der Waals surface area contributed by atoms with Crippen LogP contribution in [0, 0.1) is 0 Å². The molecule has 0 heterocycles. The Morgan fingerprint density at radius 2 is 2.00 bits per heavy atom. The highest BCUT2D eigenvalue weighted by Gasteiger charge is 2.08. The lowest BCUT2D eigenvalue weighted by molar-refractivity contribution is 0.0681. The number of hydrazine groups is 2. The molecule has 4 heteroatoms. The third kappa shape index (κ3) is 1.81. The predicted molar refractivity (Wildman–Crippen MR) is 45.9 cm³/mol. The van der Waals surface area contributed by atoms with Gasteiger partial charge >= 0.3 is 0 Å². The molecule has 0 radical (unpaired) electrons. The van der Waals surface area contributed by atoms with Gasteiger partial charge in [-0.25, -0.2) is 16.4 Å². The molecule has 0 saturated heterocycles. The van der Waals surface area contributed by atoms with Gasteiger partial charge in [0.05, 0.1) is 0 Å². The molecule has 0 unspecified atom stereocenters. The van der Waals surface area contributed by atoms with Gasteiger partial charge < -0.3 is 0 Å². The first-order valence-electron chi connectivity index (χ1n) is 3.57. The molecule has 0 aliphatic heterocycles. The van der Waals surface area contributed by atoms with E-state index in [-0.39, 0.29) is 5.91 Å². The molecule has 64 valence electrons. The van der Waals surface area contributed by atoms with Crippen LogP contribution in [0.25, 0.3) is 0 Å². The zero-order valence-electron chi connectivity index (χ0n) is 6.82. The van der Waals surface area contributed by atoms with Crippen molar-refractivity contribution in [1.82, 2.24) is 10.5 Å². The van der Waals surface area contributed by atoms with Gasteiger partial charge in [0.2, 0.25) is 0 Å². The summed E-state index contributed by atoms with van der Waals surface area (Å²) in [7, 11) is 1.58. The minimum absolute atomic E-state index is 0.252. The van der Waals surface area contributed by atoms with Crippen molar-refractivity contribution < 1.29 is 4.79 Å². The Morgan fingerprint density at radius 1 is 1.42 bits per heavy atom. The number of carbonyl (C=O) groups is 1. The highest BCUT2D eigenvalue weighted by atomic mass is 16.2. The third-order valence-electron chi connectivity index (χ3n) is 1.48. The molecule has 1 rings (SSSR count). The van der Waals surface area contributed by atoms with Crippen molar-refractivity contribution in [3.05, 3.63) is 35.9 Å². The number of amides is 1. The van der Waals surface area contributed by atoms with E-state index in [1.165, 1.54) is 0 Å². The Labute approximate surface area is 70.9 Å². The van der Waals surface area contributed by atoms with E-state index in [4.69, 9.17) is 5.84 Å². The van der Waals surface area contributed by atoms with E-state index in [0.29, 0.717) is 5.56 Å². The minimum atomic E-state index is -0.252. The van der Waals surface area contributed by atoms with Crippen molar-refractivity contribution in [2.75, 3.05) is 7.05 Å². The minimum Gasteiger partial charge on any atom is -0.266 e. The second-order valence-electron chi connectivity index (χ2n) is 2.26. The summed E-state index contributed by atoms with van der Waals surface area (Å²) in [4.78, 5) is 11.3. The summed E-state index contributed by atoms with van der Waals surface area (Å²) in [6.45, 7) is 0. The monoisotopic (exact) mass is 165 g/mol. The average Bonchev–Trinajstić information content (AvgIpc) is 2.17. The van der Waals surface area contributed by atoms with Gasteiger partial charge in [0.15, 0.2) is 0 Å². The Hall–Kier alpha value is -1.39. The van der Waals surface area contributed by atoms with Gasteiger partial charge in [-0.2, -0.15) is 0 Å². The molecule has 12 heavy (non-hydrogen) atoms. The first kappa shape index (κ1) is 8.70. The Balaban J connectivity index is 2.79. The lowest BCUT2D eigenvalue weighted by Gasteiger charge is -2.13. The summed E-state index contributed by atoms with van der Waals surface area (Å²) in [6.07, 6.45) is 0. The second-order valence-corrected chi connectivity index (χ2v) is 2.26. The molecule has 0 aliphatic carbocycles. The number of rotatable bonds is 2. The van der Waals surface area contributed by atoms with Crippen LogP contribution in [0.1, 0.15) is 10.4 Å². The highest BCUT2D eigenvalue weighted by Crippen LogP contribution is 1.99. The number of nitrogens with one attached hydrogen (secondary N) is 1. The van der Waals surface area contributed by atoms with Crippen molar-refractivity contribution in [2.45, 2.75) is 0 Å². The van der Waals surface area contributed by atoms with Gasteiger partial charge in [-0.05, 0) is 12.1 Å². The maximum atomic E-state index is 11.3. The normalized spacial score (nSPS) is 9.50. The lowest BCUT2D eigenvalue weighted by Crippen LogP contribution is -2.45. The Bertz CT molecular complexity index is 260. The first-order valence-corrected chi connectivity index (χ1v) is 3.57. The maximum Gasteiger partial charge on any atom is 0.282 e. The topological polar surface area (TPSA) is 58.4 Å². The van der Waals surface area contributed by atoms with Crippen molar-refractivity contribution in [3.8, 4) is 0 Å². The van der Waals surface area contributed by atoms with Crippen LogP contribution in [0.3, 0.4) is 0 Å². The van der Waals surface area contributed by atoms with Crippen LogP contribution in [0.15, 0.2) is 30.3 Å². The number of benzene rings is 1. The molecule has 1 amide bonds. The molecule has 0 bridgehead atoms. The van der Waals surface area contributed by atoms with Crippen LogP contribution in [-0.4, -0.2) is 18.1 Å². The number of hydrogen-bond donors (Lipinski definition) is 2. The Morgan fingerprint density at radius 3 is 2.50 bits per heavy atom. The number of nitrogens with zero attached hydrogens (tertiary/aromatic N) is 1. The van der Waals surface area contributed by atoms with Crippen molar-refractivity contribution in [2.24, 2.45) is 5.84 Å². The molecular formula is C8H11N3O. The van der Waals surface area contributed by atoms with Crippen molar-refractivity contribution in [1.29, 1.82) is 0 Å². The molecule has 1 aromatic carbocycles. The summed E-state index contributed by atoms with van der Waals surface area (Å²) < 4.78 is 0. The predicted octanol–water partition coefficient (Wildman–Crippen LogP) is 0.137. The van der Waals surface area contributed by atoms with E-state index in [1.807, 2.05) is 6.07 Å². The van der Waals surface area contributed by atoms with Gasteiger partial charge in [-0.1, -0.05) is 18.2 Å². The fraction of sp³-hybridized carbons (Fsp3) is 0.125. The van der Waals surface area contributed by atoms with Crippen molar-refractivity contribution >= 4 is 5.91 Å². The first-order chi connectivity index (χ1) is 5.75. The van der Waals surface area contributed by atoms with E-state index in [1.54, 1.807) is 31.3 Å². The van der Waals surface area contributed by atoms with E-state index in [0.717, 1.165) is 5.12 Å². The fourth-order valence-electron chi connectivity index (χ4n) is 0.821. The average molecular weight is 165 g/mol. The van der Waals surface area contributed by atoms with Gasteiger partial charge in [0, 0.05) is 12.6 Å².